The molecule has 0 aliphatic carbocycles. The number of ether oxygens (including phenoxy) is 1. The maximum Gasteiger partial charge on any atom is 0.226 e. The lowest BCUT2D eigenvalue weighted by molar-refractivity contribution is -0.117. The average Bonchev–Trinajstić information content (AvgIpc) is 3.06. The van der Waals surface area contributed by atoms with Crippen molar-refractivity contribution in [3.8, 4) is 0 Å². The van der Waals surface area contributed by atoms with Crippen LogP contribution in [0.2, 0.25) is 0 Å². The van der Waals surface area contributed by atoms with Crippen LogP contribution < -0.4 is 10.6 Å². The number of aromatic nitrogens is 2. The number of benzene rings is 2. The van der Waals surface area contributed by atoms with Crippen molar-refractivity contribution in [1.82, 2.24) is 15.3 Å². The first-order chi connectivity index (χ1) is 13.2. The van der Waals surface area contributed by atoms with Gasteiger partial charge in [-0.3, -0.25) is 4.79 Å². The molecule has 0 saturated carbocycles. The van der Waals surface area contributed by atoms with Crippen LogP contribution in [-0.4, -0.2) is 41.7 Å². The van der Waals surface area contributed by atoms with Crippen molar-refractivity contribution in [1.29, 1.82) is 0 Å². The average molecular weight is 441 g/mol. The summed E-state index contributed by atoms with van der Waals surface area (Å²) in [5.74, 6) is 0.372. The van der Waals surface area contributed by atoms with E-state index in [0.29, 0.717) is 43.1 Å². The monoisotopic (exact) mass is 440 g/mol. The zero-order valence-electron chi connectivity index (χ0n) is 15.6. The predicted molar refractivity (Wildman–Crippen MR) is 116 cm³/mol. The summed E-state index contributed by atoms with van der Waals surface area (Å²) in [7, 11) is 0. The highest BCUT2D eigenvalue weighted by molar-refractivity contribution is 5.93. The molecule has 2 aromatic carbocycles. The molecule has 1 fully saturated rings. The zero-order valence-corrected chi connectivity index (χ0v) is 17.2. The summed E-state index contributed by atoms with van der Waals surface area (Å²) in [6, 6.07) is 12.2. The lowest BCUT2D eigenvalue weighted by atomic mass is 10.1. The second-order valence-electron chi connectivity index (χ2n) is 6.66. The molecule has 0 bridgehead atoms. The van der Waals surface area contributed by atoms with Gasteiger partial charge in [0.15, 0.2) is 0 Å². The number of anilines is 1. The van der Waals surface area contributed by atoms with Crippen LogP contribution in [0.5, 0.6) is 0 Å². The van der Waals surface area contributed by atoms with E-state index >= 15 is 0 Å². The summed E-state index contributed by atoms with van der Waals surface area (Å²) in [6.45, 7) is 2.00. The minimum Gasteiger partial charge on any atom is -0.378 e. The predicted octanol–water partition coefficient (Wildman–Crippen LogP) is 3.45. The lowest BCUT2D eigenvalue weighted by Gasteiger charge is -2.23. The number of carbonyl (C=O) groups excluding carboxylic acids is 1. The van der Waals surface area contributed by atoms with Gasteiger partial charge >= 0.3 is 0 Å². The number of halogens is 3. The van der Waals surface area contributed by atoms with E-state index in [-0.39, 0.29) is 42.6 Å². The number of imidazole rings is 1. The first-order valence-corrected chi connectivity index (χ1v) is 9.00. The molecule has 1 saturated heterocycles. The first-order valence-electron chi connectivity index (χ1n) is 9.00. The maximum atomic E-state index is 13.8. The van der Waals surface area contributed by atoms with Gasteiger partial charge in [-0.1, -0.05) is 18.2 Å². The number of hydrogen-bond acceptors (Lipinski definition) is 4. The van der Waals surface area contributed by atoms with Crippen molar-refractivity contribution in [2.24, 2.45) is 0 Å². The molecule has 3 aromatic rings. The third-order valence-electron chi connectivity index (χ3n) is 4.56. The molecule has 156 valence electrons. The number of fused-ring (bicyclic) bond motifs is 1. The van der Waals surface area contributed by atoms with E-state index < -0.39 is 0 Å². The summed E-state index contributed by atoms with van der Waals surface area (Å²) in [4.78, 5) is 19.9. The van der Waals surface area contributed by atoms with Gasteiger partial charge in [0.2, 0.25) is 5.91 Å². The molecule has 3 N–H and O–H groups in total. The molecule has 1 aliphatic heterocycles. The number of nitrogens with one attached hydrogen (secondary N) is 3. The van der Waals surface area contributed by atoms with E-state index in [9.17, 15) is 9.18 Å². The normalized spacial score (nSPS) is 16.0. The van der Waals surface area contributed by atoms with Gasteiger partial charge in [0.05, 0.1) is 24.2 Å². The fraction of sp³-hybridized carbons (Fsp3) is 0.300. The van der Waals surface area contributed by atoms with Crippen LogP contribution in [0.3, 0.4) is 0 Å². The van der Waals surface area contributed by atoms with Gasteiger partial charge in [-0.2, -0.15) is 0 Å². The molecule has 1 atom stereocenters. The van der Waals surface area contributed by atoms with Crippen molar-refractivity contribution < 1.29 is 13.9 Å². The summed E-state index contributed by atoms with van der Waals surface area (Å²) in [6.07, 6.45) is 0.746. The highest BCUT2D eigenvalue weighted by Crippen LogP contribution is 2.20. The molecule has 1 amide bonds. The lowest BCUT2D eigenvalue weighted by Crippen LogP contribution is -2.43. The maximum absolute atomic E-state index is 13.8. The molecule has 2 heterocycles. The van der Waals surface area contributed by atoms with Crippen LogP contribution in [0, 0.1) is 5.82 Å². The van der Waals surface area contributed by atoms with Crippen LogP contribution >= 0.6 is 24.8 Å². The van der Waals surface area contributed by atoms with E-state index in [1.54, 1.807) is 18.2 Å². The Morgan fingerprint density at radius 1 is 1.24 bits per heavy atom. The third kappa shape index (κ3) is 5.90. The van der Waals surface area contributed by atoms with Crippen LogP contribution in [0.25, 0.3) is 11.0 Å². The molecule has 0 spiro atoms. The van der Waals surface area contributed by atoms with Crippen molar-refractivity contribution >= 4 is 47.4 Å². The molecule has 1 unspecified atom stereocenters. The Labute approximate surface area is 180 Å². The minimum absolute atomic E-state index is 0. The van der Waals surface area contributed by atoms with Crippen LogP contribution in [-0.2, 0) is 16.0 Å². The first kappa shape index (κ1) is 23.1. The van der Waals surface area contributed by atoms with Crippen LogP contribution in [0.1, 0.15) is 17.8 Å². The standard InChI is InChI=1S/C20H21FN4O2.2ClH/c21-16-4-2-1-3-13(16)9-19-24-17-6-5-14(10-18(17)25-19)23-20(26)11-15-12-27-8-7-22-15;;/h1-6,10,15,22H,7-9,11-12H2,(H,23,26)(H,24,25);2*1H. The highest BCUT2D eigenvalue weighted by Gasteiger charge is 2.17. The number of morpholine rings is 1. The van der Waals surface area contributed by atoms with Gasteiger partial charge in [0, 0.05) is 31.1 Å². The summed E-state index contributed by atoms with van der Waals surface area (Å²) in [5, 5.41) is 6.17. The van der Waals surface area contributed by atoms with Crippen LogP contribution in [0.15, 0.2) is 42.5 Å². The number of amides is 1. The van der Waals surface area contributed by atoms with Gasteiger partial charge < -0.3 is 20.4 Å². The molecule has 9 heteroatoms. The second kappa shape index (κ2) is 10.5. The SMILES string of the molecule is Cl.Cl.O=C(CC1COCCN1)Nc1ccc2nc(Cc3ccccc3F)[nH]c2c1. The molecule has 4 rings (SSSR count). The third-order valence-corrected chi connectivity index (χ3v) is 4.56. The Morgan fingerprint density at radius 3 is 2.83 bits per heavy atom. The molecular weight excluding hydrogens is 418 g/mol. The number of hydrogen-bond donors (Lipinski definition) is 3. The number of nitrogens with zero attached hydrogens (tertiary/aromatic N) is 1. The van der Waals surface area contributed by atoms with E-state index in [0.717, 1.165) is 17.6 Å². The van der Waals surface area contributed by atoms with Gasteiger partial charge in [-0.25, -0.2) is 9.37 Å². The Hall–Kier alpha value is -2.19. The molecule has 1 aliphatic rings. The van der Waals surface area contributed by atoms with E-state index in [2.05, 4.69) is 20.6 Å². The van der Waals surface area contributed by atoms with Crippen molar-refractivity contribution in [2.45, 2.75) is 18.9 Å². The number of H-pyrrole nitrogens is 1. The van der Waals surface area contributed by atoms with Gasteiger partial charge in [-0.15, -0.1) is 24.8 Å². The summed E-state index contributed by atoms with van der Waals surface area (Å²) < 4.78 is 19.2. The van der Waals surface area contributed by atoms with E-state index in [1.807, 2.05) is 18.2 Å². The number of carbonyl (C=O) groups is 1. The highest BCUT2D eigenvalue weighted by atomic mass is 35.5. The fourth-order valence-electron chi connectivity index (χ4n) is 3.23. The molecule has 6 nitrogen and oxygen atoms in total. The summed E-state index contributed by atoms with van der Waals surface area (Å²) >= 11 is 0. The summed E-state index contributed by atoms with van der Waals surface area (Å²) in [5.41, 5.74) is 2.87. The van der Waals surface area contributed by atoms with Crippen LogP contribution in [0.4, 0.5) is 10.1 Å². The molecule has 29 heavy (non-hydrogen) atoms. The largest absolute Gasteiger partial charge is 0.378 e. The number of rotatable bonds is 5. The zero-order chi connectivity index (χ0) is 18.6. The van der Waals surface area contributed by atoms with Crippen molar-refractivity contribution in [3.63, 3.8) is 0 Å². The molecule has 0 radical (unpaired) electrons. The van der Waals surface area contributed by atoms with E-state index in [4.69, 9.17) is 4.74 Å². The number of aromatic amines is 1. The fourth-order valence-corrected chi connectivity index (χ4v) is 3.23. The minimum atomic E-state index is -0.244. The Morgan fingerprint density at radius 2 is 2.07 bits per heavy atom. The smallest absolute Gasteiger partial charge is 0.226 e. The Bertz CT molecular complexity index is 961. The van der Waals surface area contributed by atoms with Crippen molar-refractivity contribution in [3.05, 3.63) is 59.7 Å². The van der Waals surface area contributed by atoms with Crippen molar-refractivity contribution in [2.75, 3.05) is 25.1 Å². The molecule has 1 aromatic heterocycles. The quantitative estimate of drug-likeness (QED) is 0.567. The Kier molecular flexibility index (Phi) is 8.40. The van der Waals surface area contributed by atoms with Gasteiger partial charge in [-0.05, 0) is 29.8 Å². The molecular formula is C20H23Cl2FN4O2. The van der Waals surface area contributed by atoms with Gasteiger partial charge in [0.1, 0.15) is 11.6 Å². The van der Waals surface area contributed by atoms with E-state index in [1.165, 1.54) is 6.07 Å². The van der Waals surface area contributed by atoms with Gasteiger partial charge in [0.25, 0.3) is 0 Å². The second-order valence-corrected chi connectivity index (χ2v) is 6.66. The topological polar surface area (TPSA) is 79.0 Å². The Balaban J connectivity index is 0.00000150.